The Morgan fingerprint density at radius 1 is 1.14 bits per heavy atom. The molecule has 0 fully saturated rings. The van der Waals surface area contributed by atoms with E-state index in [0.29, 0.717) is 5.75 Å². The Balaban J connectivity index is 1.89. The molecule has 3 nitrogen and oxygen atoms in total. The van der Waals surface area contributed by atoms with E-state index < -0.39 is 18.5 Å². The van der Waals surface area contributed by atoms with Crippen molar-refractivity contribution in [3.63, 3.8) is 0 Å². The fourth-order valence-electron chi connectivity index (χ4n) is 1.93. The number of halogens is 3. The average molecular weight is 311 g/mol. The summed E-state index contributed by atoms with van der Waals surface area (Å²) in [6.45, 7) is -0.657. The molecule has 0 aliphatic heterocycles. The van der Waals surface area contributed by atoms with Crippen LogP contribution in [0.2, 0.25) is 0 Å². The van der Waals surface area contributed by atoms with Crippen molar-refractivity contribution >= 4 is 16.7 Å². The first-order chi connectivity index (χ1) is 10.3. The number of nitrogens with zero attached hydrogens (tertiary/aromatic N) is 1. The van der Waals surface area contributed by atoms with E-state index in [1.54, 1.807) is 12.1 Å². The largest absolute Gasteiger partial charge is 0.484 e. The predicted octanol–water partition coefficient (Wildman–Crippen LogP) is 3.63. The summed E-state index contributed by atoms with van der Waals surface area (Å²) in [5.41, 5.74) is 0. The molecule has 0 heterocycles. The summed E-state index contributed by atoms with van der Waals surface area (Å²) in [5.74, 6) is 0.0219. The average Bonchev–Trinajstić information content (AvgIpc) is 2.49. The Morgan fingerprint density at radius 2 is 1.82 bits per heavy atom. The van der Waals surface area contributed by atoms with Crippen LogP contribution in [0.3, 0.4) is 0 Å². The van der Waals surface area contributed by atoms with Crippen molar-refractivity contribution < 1.29 is 22.7 Å². The van der Waals surface area contributed by atoms with Gasteiger partial charge in [-0.1, -0.05) is 30.3 Å². The van der Waals surface area contributed by atoms with Crippen LogP contribution >= 0.6 is 0 Å². The fourth-order valence-corrected chi connectivity index (χ4v) is 1.93. The molecule has 0 atom stereocenters. The molecule has 0 bridgehead atoms. The van der Waals surface area contributed by atoms with E-state index in [1.165, 1.54) is 7.05 Å². The number of hydrogen-bond donors (Lipinski definition) is 0. The van der Waals surface area contributed by atoms with E-state index in [-0.39, 0.29) is 13.2 Å². The van der Waals surface area contributed by atoms with Gasteiger partial charge in [0.1, 0.15) is 5.75 Å². The van der Waals surface area contributed by atoms with Gasteiger partial charge >= 0.3 is 6.18 Å². The van der Waals surface area contributed by atoms with Gasteiger partial charge in [0.05, 0.1) is 6.42 Å². The SMILES string of the molecule is CN(CCC(F)(F)F)C(=O)COc1ccc2ccccc2c1. The number of carbonyl (C=O) groups is 1. The van der Waals surface area contributed by atoms with Gasteiger partial charge in [-0.2, -0.15) is 13.2 Å². The van der Waals surface area contributed by atoms with Crippen molar-refractivity contribution in [1.29, 1.82) is 0 Å². The molecule has 22 heavy (non-hydrogen) atoms. The minimum absolute atomic E-state index is 0.285. The second-order valence-corrected chi connectivity index (χ2v) is 4.98. The van der Waals surface area contributed by atoms with Crippen LogP contribution in [0.5, 0.6) is 5.75 Å². The van der Waals surface area contributed by atoms with Gasteiger partial charge in [-0.25, -0.2) is 0 Å². The molecule has 0 N–H and O–H groups in total. The van der Waals surface area contributed by atoms with Gasteiger partial charge in [-0.05, 0) is 22.9 Å². The monoisotopic (exact) mass is 311 g/mol. The molecule has 0 saturated heterocycles. The molecule has 0 radical (unpaired) electrons. The van der Waals surface area contributed by atoms with Gasteiger partial charge in [0.25, 0.3) is 5.91 Å². The number of ether oxygens (including phenoxy) is 1. The fraction of sp³-hybridized carbons (Fsp3) is 0.312. The molecule has 118 valence electrons. The number of carbonyl (C=O) groups excluding carboxylic acids is 1. The lowest BCUT2D eigenvalue weighted by Crippen LogP contribution is -2.34. The number of alkyl halides is 3. The number of fused-ring (bicyclic) bond motifs is 1. The van der Waals surface area contributed by atoms with Crippen LogP contribution in [0.15, 0.2) is 42.5 Å². The highest BCUT2D eigenvalue weighted by atomic mass is 19.4. The molecular formula is C16H16F3NO2. The molecule has 2 rings (SSSR count). The lowest BCUT2D eigenvalue weighted by Gasteiger charge is -2.18. The summed E-state index contributed by atoms with van der Waals surface area (Å²) < 4.78 is 41.7. The Hall–Kier alpha value is -2.24. The van der Waals surface area contributed by atoms with E-state index in [1.807, 2.05) is 30.3 Å². The molecule has 0 saturated carbocycles. The van der Waals surface area contributed by atoms with Crippen molar-refractivity contribution in [2.45, 2.75) is 12.6 Å². The smallest absolute Gasteiger partial charge is 0.390 e. The van der Waals surface area contributed by atoms with Crippen LogP contribution in [0.1, 0.15) is 6.42 Å². The van der Waals surface area contributed by atoms with Crippen LogP contribution in [-0.2, 0) is 4.79 Å². The van der Waals surface area contributed by atoms with Crippen molar-refractivity contribution in [2.75, 3.05) is 20.2 Å². The lowest BCUT2D eigenvalue weighted by molar-refractivity contribution is -0.145. The summed E-state index contributed by atoms with van der Waals surface area (Å²) in [5, 5.41) is 2.02. The second kappa shape index (κ2) is 6.68. The number of benzene rings is 2. The molecule has 1 amide bonds. The zero-order valence-electron chi connectivity index (χ0n) is 12.1. The van der Waals surface area contributed by atoms with Gasteiger partial charge < -0.3 is 9.64 Å². The highest BCUT2D eigenvalue weighted by Gasteiger charge is 2.28. The van der Waals surface area contributed by atoms with Crippen LogP contribution in [0.25, 0.3) is 10.8 Å². The van der Waals surface area contributed by atoms with Gasteiger partial charge in [0.2, 0.25) is 0 Å². The maximum absolute atomic E-state index is 12.1. The van der Waals surface area contributed by atoms with Crippen LogP contribution in [0, 0.1) is 0 Å². The van der Waals surface area contributed by atoms with E-state index in [4.69, 9.17) is 4.74 Å². The summed E-state index contributed by atoms with van der Waals surface area (Å²) in [7, 11) is 1.33. The molecule has 2 aromatic carbocycles. The predicted molar refractivity (Wildman–Crippen MR) is 77.8 cm³/mol. The van der Waals surface area contributed by atoms with E-state index in [9.17, 15) is 18.0 Å². The number of amides is 1. The van der Waals surface area contributed by atoms with Crippen molar-refractivity contribution in [2.24, 2.45) is 0 Å². The molecule has 6 heteroatoms. The van der Waals surface area contributed by atoms with E-state index in [2.05, 4.69) is 0 Å². The Kier molecular flexibility index (Phi) is 4.90. The van der Waals surface area contributed by atoms with Gasteiger partial charge in [-0.15, -0.1) is 0 Å². The van der Waals surface area contributed by atoms with Crippen LogP contribution in [-0.4, -0.2) is 37.2 Å². The first-order valence-electron chi connectivity index (χ1n) is 6.77. The molecule has 0 aliphatic carbocycles. The van der Waals surface area contributed by atoms with Crippen molar-refractivity contribution in [3.05, 3.63) is 42.5 Å². The van der Waals surface area contributed by atoms with Crippen LogP contribution in [0.4, 0.5) is 13.2 Å². The number of likely N-dealkylation sites (N-methyl/N-ethyl adjacent to an activating group) is 1. The third-order valence-electron chi connectivity index (χ3n) is 3.24. The summed E-state index contributed by atoms with van der Waals surface area (Å²) in [4.78, 5) is 12.8. The van der Waals surface area contributed by atoms with E-state index in [0.717, 1.165) is 15.7 Å². The number of rotatable bonds is 5. The van der Waals surface area contributed by atoms with Gasteiger partial charge in [-0.3, -0.25) is 4.79 Å². The minimum Gasteiger partial charge on any atom is -0.484 e. The summed E-state index contributed by atoms with van der Waals surface area (Å²) >= 11 is 0. The third kappa shape index (κ3) is 4.65. The topological polar surface area (TPSA) is 29.5 Å². The summed E-state index contributed by atoms with van der Waals surface area (Å²) in [6.07, 6.45) is -5.29. The molecule has 0 unspecified atom stereocenters. The zero-order chi connectivity index (χ0) is 16.2. The number of hydrogen-bond acceptors (Lipinski definition) is 2. The Bertz CT molecular complexity index is 655. The van der Waals surface area contributed by atoms with Crippen LogP contribution < -0.4 is 4.74 Å². The quantitative estimate of drug-likeness (QED) is 0.844. The Morgan fingerprint density at radius 3 is 2.50 bits per heavy atom. The third-order valence-corrected chi connectivity index (χ3v) is 3.24. The molecular weight excluding hydrogens is 295 g/mol. The molecule has 0 aliphatic rings. The lowest BCUT2D eigenvalue weighted by atomic mass is 10.1. The molecule has 2 aromatic rings. The maximum Gasteiger partial charge on any atom is 0.390 e. The van der Waals surface area contributed by atoms with Gasteiger partial charge in [0.15, 0.2) is 6.61 Å². The molecule has 0 spiro atoms. The highest BCUT2D eigenvalue weighted by Crippen LogP contribution is 2.21. The maximum atomic E-state index is 12.1. The first-order valence-corrected chi connectivity index (χ1v) is 6.77. The highest BCUT2D eigenvalue weighted by molar-refractivity contribution is 5.84. The minimum atomic E-state index is -4.27. The summed E-state index contributed by atoms with van der Waals surface area (Å²) in [6, 6.07) is 13.1. The van der Waals surface area contributed by atoms with E-state index >= 15 is 0 Å². The second-order valence-electron chi connectivity index (χ2n) is 4.98. The first kappa shape index (κ1) is 16.1. The van der Waals surface area contributed by atoms with Crippen molar-refractivity contribution in [3.8, 4) is 5.75 Å². The molecule has 0 aromatic heterocycles. The Labute approximate surface area is 126 Å². The zero-order valence-corrected chi connectivity index (χ0v) is 12.1. The van der Waals surface area contributed by atoms with Gasteiger partial charge in [0, 0.05) is 13.6 Å². The normalized spacial score (nSPS) is 11.5. The standard InChI is InChI=1S/C16H16F3NO2/c1-20(9-8-16(17,18)19)15(21)11-22-14-7-6-12-4-2-3-5-13(12)10-14/h2-7,10H,8-9,11H2,1H3. The van der Waals surface area contributed by atoms with Crippen molar-refractivity contribution in [1.82, 2.24) is 4.90 Å².